The Hall–Kier alpha value is -1.46. The molecule has 0 radical (unpaired) electrons. The van der Waals surface area contributed by atoms with Crippen LogP contribution in [0.15, 0.2) is 18.2 Å². The Labute approximate surface area is 137 Å². The van der Waals surface area contributed by atoms with Gasteiger partial charge in [0.2, 0.25) is 12.7 Å². The number of ether oxygens (including phenoxy) is 2. The Balaban J connectivity index is 0.00000176. The molecule has 5 nitrogen and oxygen atoms in total. The summed E-state index contributed by atoms with van der Waals surface area (Å²) in [6, 6.07) is 5.73. The molecule has 1 amide bonds. The molecule has 1 aromatic rings. The molecular formula is C16H23ClN2O3. The highest BCUT2D eigenvalue weighted by Crippen LogP contribution is 2.32. The number of nitrogens with one attached hydrogen (secondary N) is 1. The third kappa shape index (κ3) is 3.84. The second-order valence-electron chi connectivity index (χ2n) is 5.75. The van der Waals surface area contributed by atoms with E-state index in [0.29, 0.717) is 12.3 Å². The predicted molar refractivity (Wildman–Crippen MR) is 86.7 cm³/mol. The molecule has 0 aromatic heterocycles. The lowest BCUT2D eigenvalue weighted by molar-refractivity contribution is -0.131. The first-order valence-corrected chi connectivity index (χ1v) is 7.57. The van der Waals surface area contributed by atoms with Gasteiger partial charge in [0.15, 0.2) is 11.5 Å². The maximum Gasteiger partial charge on any atom is 0.231 e. The Morgan fingerprint density at radius 1 is 1.27 bits per heavy atom. The van der Waals surface area contributed by atoms with Gasteiger partial charge in [-0.1, -0.05) is 6.07 Å². The topological polar surface area (TPSA) is 50.8 Å². The third-order valence-corrected chi connectivity index (χ3v) is 4.25. The standard InChI is InChI=1S/C16H22N2O3.ClH/c1-17-10-12-4-6-18(7-5-12)16(19)9-13-2-3-14-15(8-13)21-11-20-14;/h2-3,8,12,17H,4-7,9-11H2,1H3;1H. The van der Waals surface area contributed by atoms with Crippen LogP contribution in [-0.2, 0) is 11.2 Å². The fourth-order valence-electron chi connectivity index (χ4n) is 3.01. The summed E-state index contributed by atoms with van der Waals surface area (Å²) in [6.45, 7) is 3.06. The van der Waals surface area contributed by atoms with E-state index in [0.717, 1.165) is 49.5 Å². The van der Waals surface area contributed by atoms with Crippen LogP contribution in [-0.4, -0.2) is 44.3 Å². The number of fused-ring (bicyclic) bond motifs is 1. The van der Waals surface area contributed by atoms with Gasteiger partial charge in [-0.15, -0.1) is 12.4 Å². The SMILES string of the molecule is CNCC1CCN(C(=O)Cc2ccc3c(c2)OCO3)CC1.Cl. The van der Waals surface area contributed by atoms with Crippen LogP contribution < -0.4 is 14.8 Å². The number of rotatable bonds is 4. The zero-order valence-electron chi connectivity index (χ0n) is 12.8. The van der Waals surface area contributed by atoms with E-state index in [1.165, 1.54) is 0 Å². The number of carbonyl (C=O) groups excluding carboxylic acids is 1. The van der Waals surface area contributed by atoms with Crippen molar-refractivity contribution in [1.29, 1.82) is 0 Å². The van der Waals surface area contributed by atoms with Crippen molar-refractivity contribution in [1.82, 2.24) is 10.2 Å². The number of nitrogens with zero attached hydrogens (tertiary/aromatic N) is 1. The summed E-state index contributed by atoms with van der Waals surface area (Å²) in [6.07, 6.45) is 2.62. The maximum absolute atomic E-state index is 12.4. The Morgan fingerprint density at radius 2 is 2.00 bits per heavy atom. The number of benzene rings is 1. The van der Waals surface area contributed by atoms with Gasteiger partial charge in [0.05, 0.1) is 6.42 Å². The second-order valence-corrected chi connectivity index (χ2v) is 5.75. The number of halogens is 1. The largest absolute Gasteiger partial charge is 0.454 e. The van der Waals surface area contributed by atoms with Gasteiger partial charge in [0.1, 0.15) is 0 Å². The van der Waals surface area contributed by atoms with Gasteiger partial charge in [-0.3, -0.25) is 4.79 Å². The highest BCUT2D eigenvalue weighted by Gasteiger charge is 2.23. The number of carbonyl (C=O) groups is 1. The number of hydrogen-bond acceptors (Lipinski definition) is 4. The summed E-state index contributed by atoms with van der Waals surface area (Å²) in [4.78, 5) is 14.4. The van der Waals surface area contributed by atoms with E-state index in [1.54, 1.807) is 0 Å². The van der Waals surface area contributed by atoms with Crippen LogP contribution in [0.4, 0.5) is 0 Å². The van der Waals surface area contributed by atoms with E-state index in [4.69, 9.17) is 9.47 Å². The molecule has 0 atom stereocenters. The minimum atomic E-state index is 0. The molecule has 22 heavy (non-hydrogen) atoms. The molecule has 1 aromatic carbocycles. The Morgan fingerprint density at radius 3 is 2.73 bits per heavy atom. The van der Waals surface area contributed by atoms with Gasteiger partial charge in [-0.05, 0) is 50.0 Å². The molecule has 3 rings (SSSR count). The fraction of sp³-hybridized carbons (Fsp3) is 0.562. The number of hydrogen-bond donors (Lipinski definition) is 1. The van der Waals surface area contributed by atoms with E-state index < -0.39 is 0 Å². The average Bonchev–Trinajstić information content (AvgIpc) is 2.96. The smallest absolute Gasteiger partial charge is 0.231 e. The molecule has 0 aliphatic carbocycles. The van der Waals surface area contributed by atoms with E-state index in [-0.39, 0.29) is 25.1 Å². The highest BCUT2D eigenvalue weighted by atomic mass is 35.5. The molecule has 0 unspecified atom stereocenters. The zero-order chi connectivity index (χ0) is 14.7. The fourth-order valence-corrected chi connectivity index (χ4v) is 3.01. The normalized spacial score (nSPS) is 17.2. The van der Waals surface area contributed by atoms with Crippen LogP contribution in [0.5, 0.6) is 11.5 Å². The summed E-state index contributed by atoms with van der Waals surface area (Å²) in [5.74, 6) is 2.41. The Kier molecular flexibility index (Phi) is 5.91. The van der Waals surface area contributed by atoms with Gasteiger partial charge in [-0.25, -0.2) is 0 Å². The van der Waals surface area contributed by atoms with Crippen molar-refractivity contribution < 1.29 is 14.3 Å². The van der Waals surface area contributed by atoms with Crippen molar-refractivity contribution in [3.8, 4) is 11.5 Å². The predicted octanol–water partition coefficient (Wildman–Crippen LogP) is 1.84. The van der Waals surface area contributed by atoms with E-state index >= 15 is 0 Å². The average molecular weight is 327 g/mol. The molecule has 1 fully saturated rings. The van der Waals surface area contributed by atoms with Crippen molar-refractivity contribution in [2.75, 3.05) is 33.5 Å². The number of piperidine rings is 1. The molecule has 6 heteroatoms. The monoisotopic (exact) mass is 326 g/mol. The van der Waals surface area contributed by atoms with Gasteiger partial charge in [0, 0.05) is 13.1 Å². The lowest BCUT2D eigenvalue weighted by Crippen LogP contribution is -2.41. The van der Waals surface area contributed by atoms with Gasteiger partial charge < -0.3 is 19.7 Å². The van der Waals surface area contributed by atoms with Crippen molar-refractivity contribution in [3.05, 3.63) is 23.8 Å². The molecule has 0 spiro atoms. The van der Waals surface area contributed by atoms with Gasteiger partial charge >= 0.3 is 0 Å². The van der Waals surface area contributed by atoms with Crippen molar-refractivity contribution in [2.45, 2.75) is 19.3 Å². The molecule has 1 N–H and O–H groups in total. The van der Waals surface area contributed by atoms with Crippen LogP contribution in [0, 0.1) is 5.92 Å². The molecule has 0 bridgehead atoms. The van der Waals surface area contributed by atoms with E-state index in [9.17, 15) is 4.79 Å². The second kappa shape index (κ2) is 7.70. The van der Waals surface area contributed by atoms with Gasteiger partial charge in [-0.2, -0.15) is 0 Å². The lowest BCUT2D eigenvalue weighted by atomic mass is 9.96. The van der Waals surface area contributed by atoms with Crippen molar-refractivity contribution in [3.63, 3.8) is 0 Å². The highest BCUT2D eigenvalue weighted by molar-refractivity contribution is 5.85. The van der Waals surface area contributed by atoms with E-state index in [1.807, 2.05) is 30.1 Å². The molecule has 0 saturated carbocycles. The lowest BCUT2D eigenvalue weighted by Gasteiger charge is -2.32. The van der Waals surface area contributed by atoms with Crippen molar-refractivity contribution >= 4 is 18.3 Å². The molecule has 2 aliphatic rings. The summed E-state index contributed by atoms with van der Waals surface area (Å²) in [7, 11) is 1.98. The summed E-state index contributed by atoms with van der Waals surface area (Å²) >= 11 is 0. The molecule has 1 saturated heterocycles. The van der Waals surface area contributed by atoms with Crippen molar-refractivity contribution in [2.24, 2.45) is 5.92 Å². The molecule has 2 aliphatic heterocycles. The van der Waals surface area contributed by atoms with Crippen LogP contribution >= 0.6 is 12.4 Å². The van der Waals surface area contributed by atoms with Crippen LogP contribution in [0.1, 0.15) is 18.4 Å². The minimum absolute atomic E-state index is 0. The first-order valence-electron chi connectivity index (χ1n) is 7.57. The van der Waals surface area contributed by atoms with E-state index in [2.05, 4.69) is 5.32 Å². The first-order chi connectivity index (χ1) is 10.3. The number of likely N-dealkylation sites (tertiary alicyclic amines) is 1. The molecule has 122 valence electrons. The summed E-state index contributed by atoms with van der Waals surface area (Å²) in [5.41, 5.74) is 0.988. The molecular weight excluding hydrogens is 304 g/mol. The Bertz CT molecular complexity index is 516. The molecule has 2 heterocycles. The van der Waals surface area contributed by atoms with Crippen LogP contribution in [0.25, 0.3) is 0 Å². The number of amides is 1. The summed E-state index contributed by atoms with van der Waals surface area (Å²) in [5, 5.41) is 3.22. The quantitative estimate of drug-likeness (QED) is 0.917. The first kappa shape index (κ1) is 16.9. The van der Waals surface area contributed by atoms with Crippen LogP contribution in [0.3, 0.4) is 0 Å². The van der Waals surface area contributed by atoms with Gasteiger partial charge in [0.25, 0.3) is 0 Å². The van der Waals surface area contributed by atoms with Crippen LogP contribution in [0.2, 0.25) is 0 Å². The zero-order valence-corrected chi connectivity index (χ0v) is 13.7. The minimum Gasteiger partial charge on any atom is -0.454 e. The maximum atomic E-state index is 12.4. The third-order valence-electron chi connectivity index (χ3n) is 4.25. The summed E-state index contributed by atoms with van der Waals surface area (Å²) < 4.78 is 10.6.